The standard InChI is InChI=1S/C7H17N3O3S/c1-9(3-2-8)14(11,12)10-4-6-13-7-5-10/h2-8H2,1H3. The van der Waals surface area contributed by atoms with E-state index in [1.807, 2.05) is 0 Å². The topological polar surface area (TPSA) is 75.9 Å². The van der Waals surface area contributed by atoms with Gasteiger partial charge < -0.3 is 10.5 Å². The van der Waals surface area contributed by atoms with Crippen molar-refractivity contribution in [3.05, 3.63) is 0 Å². The SMILES string of the molecule is CN(CCN)S(=O)(=O)N1CCOCC1. The lowest BCUT2D eigenvalue weighted by molar-refractivity contribution is 0.0707. The van der Waals surface area contributed by atoms with E-state index in [1.165, 1.54) is 15.7 Å². The number of likely N-dealkylation sites (N-methyl/N-ethyl adjacent to an activating group) is 1. The van der Waals surface area contributed by atoms with E-state index in [2.05, 4.69) is 0 Å². The second kappa shape index (κ2) is 5.04. The summed E-state index contributed by atoms with van der Waals surface area (Å²) in [6.45, 7) is 2.47. The molecule has 0 bridgehead atoms. The van der Waals surface area contributed by atoms with Crippen molar-refractivity contribution in [3.8, 4) is 0 Å². The van der Waals surface area contributed by atoms with Crippen LogP contribution in [-0.4, -0.2) is 63.5 Å². The summed E-state index contributed by atoms with van der Waals surface area (Å²) < 4.78 is 31.4. The van der Waals surface area contributed by atoms with Gasteiger partial charge in [-0.05, 0) is 0 Å². The lowest BCUT2D eigenvalue weighted by Gasteiger charge is -2.29. The smallest absolute Gasteiger partial charge is 0.281 e. The summed E-state index contributed by atoms with van der Waals surface area (Å²) in [5.41, 5.74) is 5.31. The molecule has 7 heteroatoms. The van der Waals surface area contributed by atoms with Crippen LogP contribution in [0.25, 0.3) is 0 Å². The highest BCUT2D eigenvalue weighted by Gasteiger charge is 2.27. The molecular weight excluding hydrogens is 206 g/mol. The first-order chi connectivity index (χ1) is 6.59. The van der Waals surface area contributed by atoms with Crippen molar-refractivity contribution in [1.29, 1.82) is 0 Å². The Kier molecular flexibility index (Phi) is 4.27. The molecule has 0 aromatic carbocycles. The summed E-state index contributed by atoms with van der Waals surface area (Å²) in [6, 6.07) is 0. The lowest BCUT2D eigenvalue weighted by Crippen LogP contribution is -2.48. The fraction of sp³-hybridized carbons (Fsp3) is 1.00. The molecule has 0 atom stereocenters. The molecule has 6 nitrogen and oxygen atoms in total. The largest absolute Gasteiger partial charge is 0.379 e. The number of rotatable bonds is 4. The first-order valence-corrected chi connectivity index (χ1v) is 5.98. The van der Waals surface area contributed by atoms with Gasteiger partial charge in [0, 0.05) is 33.2 Å². The molecule has 0 saturated carbocycles. The van der Waals surface area contributed by atoms with Gasteiger partial charge in [-0.25, -0.2) is 0 Å². The van der Waals surface area contributed by atoms with Gasteiger partial charge in [-0.15, -0.1) is 0 Å². The van der Waals surface area contributed by atoms with Gasteiger partial charge in [0.2, 0.25) is 0 Å². The van der Waals surface area contributed by atoms with Crippen LogP contribution in [0, 0.1) is 0 Å². The summed E-state index contributed by atoms with van der Waals surface area (Å²) in [6.07, 6.45) is 0. The lowest BCUT2D eigenvalue weighted by atomic mass is 10.5. The van der Waals surface area contributed by atoms with E-state index in [-0.39, 0.29) is 0 Å². The molecule has 84 valence electrons. The maximum absolute atomic E-state index is 11.8. The first kappa shape index (κ1) is 11.9. The molecule has 0 radical (unpaired) electrons. The van der Waals surface area contributed by atoms with Crippen molar-refractivity contribution in [3.63, 3.8) is 0 Å². The number of hydrogen-bond acceptors (Lipinski definition) is 4. The molecule has 0 spiro atoms. The molecule has 2 N–H and O–H groups in total. The highest BCUT2D eigenvalue weighted by Crippen LogP contribution is 2.08. The van der Waals surface area contributed by atoms with E-state index >= 15 is 0 Å². The third kappa shape index (κ3) is 2.64. The fourth-order valence-electron chi connectivity index (χ4n) is 1.27. The number of morpholine rings is 1. The molecule has 0 unspecified atom stereocenters. The highest BCUT2D eigenvalue weighted by molar-refractivity contribution is 7.86. The molecule has 0 aromatic heterocycles. The summed E-state index contributed by atoms with van der Waals surface area (Å²) >= 11 is 0. The van der Waals surface area contributed by atoms with Crippen LogP contribution in [0.1, 0.15) is 0 Å². The Morgan fingerprint density at radius 3 is 2.50 bits per heavy atom. The van der Waals surface area contributed by atoms with Gasteiger partial charge in [-0.3, -0.25) is 0 Å². The zero-order chi connectivity index (χ0) is 10.6. The van der Waals surface area contributed by atoms with Crippen LogP contribution in [0.2, 0.25) is 0 Å². The molecule has 1 saturated heterocycles. The summed E-state index contributed by atoms with van der Waals surface area (Å²) in [4.78, 5) is 0. The summed E-state index contributed by atoms with van der Waals surface area (Å²) in [5, 5.41) is 0. The predicted octanol–water partition coefficient (Wildman–Crippen LogP) is -1.55. The van der Waals surface area contributed by atoms with Gasteiger partial charge in [-0.2, -0.15) is 17.0 Å². The maximum atomic E-state index is 11.8. The molecule has 1 heterocycles. The Balaban J connectivity index is 2.62. The third-order valence-corrected chi connectivity index (χ3v) is 4.12. The predicted molar refractivity (Wildman–Crippen MR) is 53.0 cm³/mol. The second-order valence-corrected chi connectivity index (χ2v) is 5.16. The highest BCUT2D eigenvalue weighted by atomic mass is 32.2. The Hall–Kier alpha value is -0.210. The van der Waals surface area contributed by atoms with Gasteiger partial charge in [-0.1, -0.05) is 0 Å². The maximum Gasteiger partial charge on any atom is 0.281 e. The average Bonchev–Trinajstić information content (AvgIpc) is 2.19. The Labute approximate surface area is 84.8 Å². The number of nitrogens with zero attached hydrogens (tertiary/aromatic N) is 2. The quantitative estimate of drug-likeness (QED) is 0.626. The number of hydrogen-bond donors (Lipinski definition) is 1. The number of nitrogens with two attached hydrogens (primary N) is 1. The molecule has 1 aliphatic heterocycles. The van der Waals surface area contributed by atoms with E-state index in [1.54, 1.807) is 0 Å². The average molecular weight is 223 g/mol. The van der Waals surface area contributed by atoms with Crippen molar-refractivity contribution < 1.29 is 13.2 Å². The van der Waals surface area contributed by atoms with E-state index < -0.39 is 10.2 Å². The van der Waals surface area contributed by atoms with Crippen LogP contribution >= 0.6 is 0 Å². The van der Waals surface area contributed by atoms with Crippen LogP contribution in [0.15, 0.2) is 0 Å². The normalized spacial score (nSPS) is 20.2. The zero-order valence-electron chi connectivity index (χ0n) is 8.35. The van der Waals surface area contributed by atoms with Crippen molar-refractivity contribution in [1.82, 2.24) is 8.61 Å². The minimum absolute atomic E-state index is 0.333. The summed E-state index contributed by atoms with van der Waals surface area (Å²) in [5.74, 6) is 0. The van der Waals surface area contributed by atoms with Gasteiger partial charge in [0.25, 0.3) is 10.2 Å². The molecule has 1 rings (SSSR count). The molecule has 0 aromatic rings. The molecular formula is C7H17N3O3S. The van der Waals surface area contributed by atoms with E-state index in [4.69, 9.17) is 10.5 Å². The molecule has 0 aliphatic carbocycles. The van der Waals surface area contributed by atoms with Gasteiger partial charge in [0.15, 0.2) is 0 Å². The Bertz CT molecular complexity index is 261. The molecule has 1 aliphatic rings. The van der Waals surface area contributed by atoms with Crippen molar-refractivity contribution >= 4 is 10.2 Å². The molecule has 14 heavy (non-hydrogen) atoms. The van der Waals surface area contributed by atoms with Crippen LogP contribution in [-0.2, 0) is 14.9 Å². The van der Waals surface area contributed by atoms with Crippen LogP contribution in [0.5, 0.6) is 0 Å². The van der Waals surface area contributed by atoms with Crippen molar-refractivity contribution in [2.75, 3.05) is 46.4 Å². The summed E-state index contributed by atoms with van der Waals surface area (Å²) in [7, 11) is -1.78. The van der Waals surface area contributed by atoms with E-state index in [9.17, 15) is 8.42 Å². The van der Waals surface area contributed by atoms with Crippen LogP contribution in [0.4, 0.5) is 0 Å². The van der Waals surface area contributed by atoms with Crippen molar-refractivity contribution in [2.45, 2.75) is 0 Å². The molecule has 1 fully saturated rings. The third-order valence-electron chi connectivity index (χ3n) is 2.13. The minimum Gasteiger partial charge on any atom is -0.379 e. The van der Waals surface area contributed by atoms with Gasteiger partial charge >= 0.3 is 0 Å². The Morgan fingerprint density at radius 2 is 2.00 bits per heavy atom. The van der Waals surface area contributed by atoms with E-state index in [0.29, 0.717) is 39.4 Å². The fourth-order valence-corrected chi connectivity index (χ4v) is 2.61. The molecule has 0 amide bonds. The van der Waals surface area contributed by atoms with Gasteiger partial charge in [0.05, 0.1) is 13.2 Å². The monoisotopic (exact) mass is 223 g/mol. The van der Waals surface area contributed by atoms with Crippen LogP contribution < -0.4 is 5.73 Å². The zero-order valence-corrected chi connectivity index (χ0v) is 9.16. The number of ether oxygens (including phenoxy) is 1. The first-order valence-electron chi connectivity index (χ1n) is 4.58. The van der Waals surface area contributed by atoms with Gasteiger partial charge in [0.1, 0.15) is 0 Å². The second-order valence-electron chi connectivity index (χ2n) is 3.13. The van der Waals surface area contributed by atoms with E-state index in [0.717, 1.165) is 0 Å². The van der Waals surface area contributed by atoms with Crippen LogP contribution in [0.3, 0.4) is 0 Å². The Morgan fingerprint density at radius 1 is 1.43 bits per heavy atom. The minimum atomic E-state index is -3.32. The van der Waals surface area contributed by atoms with Crippen molar-refractivity contribution in [2.24, 2.45) is 5.73 Å².